The lowest BCUT2D eigenvalue weighted by Crippen LogP contribution is -2.50. The van der Waals surface area contributed by atoms with Gasteiger partial charge in [-0.1, -0.05) is 0 Å². The molecule has 0 saturated heterocycles. The van der Waals surface area contributed by atoms with E-state index < -0.39 is 0 Å². The first kappa shape index (κ1) is 10.4. The standard InChI is InChI=1S/C8H17NO2/c1-2-11-8(10)6-4-3-5-7-9/h2-7,9H2,1H3/p+1. The predicted molar refractivity (Wildman–Crippen MR) is 42.9 cm³/mol. The molecule has 3 nitrogen and oxygen atoms in total. The molecule has 0 aliphatic heterocycles. The minimum atomic E-state index is -0.0726. The first-order chi connectivity index (χ1) is 5.31. The van der Waals surface area contributed by atoms with Crippen LogP contribution in [0.4, 0.5) is 0 Å². The maximum Gasteiger partial charge on any atom is 0.305 e. The molecule has 0 spiro atoms. The summed E-state index contributed by atoms with van der Waals surface area (Å²) in [6, 6.07) is 0. The smallest absolute Gasteiger partial charge is 0.305 e. The molecule has 0 aromatic heterocycles. The minimum absolute atomic E-state index is 0.0726. The maximum absolute atomic E-state index is 10.8. The highest BCUT2D eigenvalue weighted by Crippen LogP contribution is 1.99. The largest absolute Gasteiger partial charge is 0.466 e. The molecular formula is C8H18NO2+. The Kier molecular flexibility index (Phi) is 7.15. The Bertz CT molecular complexity index is 104. The summed E-state index contributed by atoms with van der Waals surface area (Å²) in [6.45, 7) is 3.28. The molecule has 11 heavy (non-hydrogen) atoms. The Balaban J connectivity index is 3.04. The topological polar surface area (TPSA) is 53.9 Å². The average Bonchev–Trinajstić information content (AvgIpc) is 1.99. The van der Waals surface area contributed by atoms with E-state index >= 15 is 0 Å². The first-order valence-electron chi connectivity index (χ1n) is 4.26. The van der Waals surface area contributed by atoms with Crippen LogP contribution in [0.3, 0.4) is 0 Å². The number of esters is 1. The van der Waals surface area contributed by atoms with Gasteiger partial charge in [-0.25, -0.2) is 0 Å². The summed E-state index contributed by atoms with van der Waals surface area (Å²) in [7, 11) is 0. The highest BCUT2D eigenvalue weighted by molar-refractivity contribution is 5.69. The predicted octanol–water partition coefficient (Wildman–Crippen LogP) is 0.352. The Morgan fingerprint density at radius 1 is 1.36 bits per heavy atom. The van der Waals surface area contributed by atoms with Crippen LogP contribution >= 0.6 is 0 Å². The number of carbonyl (C=O) groups is 1. The average molecular weight is 160 g/mol. The summed E-state index contributed by atoms with van der Waals surface area (Å²) in [5.74, 6) is -0.0726. The van der Waals surface area contributed by atoms with Gasteiger partial charge in [0, 0.05) is 6.42 Å². The lowest BCUT2D eigenvalue weighted by atomic mass is 10.2. The molecule has 0 rings (SSSR count). The van der Waals surface area contributed by atoms with Crippen molar-refractivity contribution in [1.82, 2.24) is 0 Å². The summed E-state index contributed by atoms with van der Waals surface area (Å²) in [5.41, 5.74) is 3.72. The van der Waals surface area contributed by atoms with Crippen LogP contribution in [0.15, 0.2) is 0 Å². The third-order valence-corrected chi connectivity index (χ3v) is 1.44. The minimum Gasteiger partial charge on any atom is -0.466 e. The van der Waals surface area contributed by atoms with Crippen LogP contribution in [0, 0.1) is 0 Å². The summed E-state index contributed by atoms with van der Waals surface area (Å²) < 4.78 is 4.77. The Morgan fingerprint density at radius 2 is 2.09 bits per heavy atom. The fraction of sp³-hybridized carbons (Fsp3) is 0.875. The molecular weight excluding hydrogens is 142 g/mol. The molecule has 66 valence electrons. The van der Waals surface area contributed by atoms with Crippen LogP contribution < -0.4 is 5.73 Å². The van der Waals surface area contributed by atoms with Gasteiger partial charge in [0.15, 0.2) is 0 Å². The zero-order valence-electron chi connectivity index (χ0n) is 7.27. The Labute approximate surface area is 67.9 Å². The molecule has 3 heteroatoms. The monoisotopic (exact) mass is 160 g/mol. The lowest BCUT2D eigenvalue weighted by molar-refractivity contribution is -0.368. The molecule has 0 aliphatic carbocycles. The number of unbranched alkanes of at least 4 members (excludes halogenated alkanes) is 2. The fourth-order valence-corrected chi connectivity index (χ4v) is 0.856. The number of ether oxygens (including phenoxy) is 1. The molecule has 0 radical (unpaired) electrons. The van der Waals surface area contributed by atoms with Crippen LogP contribution in [-0.2, 0) is 9.53 Å². The maximum atomic E-state index is 10.8. The van der Waals surface area contributed by atoms with E-state index in [0.29, 0.717) is 13.0 Å². The van der Waals surface area contributed by atoms with Crippen LogP contribution in [0.25, 0.3) is 0 Å². The van der Waals surface area contributed by atoms with Crippen LogP contribution in [0.1, 0.15) is 32.6 Å². The number of hydrogen-bond acceptors (Lipinski definition) is 2. The van der Waals surface area contributed by atoms with Gasteiger partial charge in [0.05, 0.1) is 13.2 Å². The molecule has 0 bridgehead atoms. The fourth-order valence-electron chi connectivity index (χ4n) is 0.856. The lowest BCUT2D eigenvalue weighted by Gasteiger charge is -1.99. The van der Waals surface area contributed by atoms with Crippen molar-refractivity contribution in [3.63, 3.8) is 0 Å². The zero-order valence-corrected chi connectivity index (χ0v) is 7.27. The van der Waals surface area contributed by atoms with Gasteiger partial charge in [-0.3, -0.25) is 4.79 Å². The Morgan fingerprint density at radius 3 is 2.64 bits per heavy atom. The number of quaternary nitrogens is 1. The quantitative estimate of drug-likeness (QED) is 0.450. The summed E-state index contributed by atoms with van der Waals surface area (Å²) >= 11 is 0. The van der Waals surface area contributed by atoms with Crippen molar-refractivity contribution < 1.29 is 15.3 Å². The van der Waals surface area contributed by atoms with Crippen molar-refractivity contribution in [2.24, 2.45) is 0 Å². The first-order valence-corrected chi connectivity index (χ1v) is 4.26. The number of rotatable bonds is 6. The second-order valence-corrected chi connectivity index (χ2v) is 2.47. The van der Waals surface area contributed by atoms with E-state index in [1.807, 2.05) is 6.92 Å². The van der Waals surface area contributed by atoms with Gasteiger partial charge in [0.1, 0.15) is 0 Å². The highest BCUT2D eigenvalue weighted by atomic mass is 16.5. The summed E-state index contributed by atoms with van der Waals surface area (Å²) in [5, 5.41) is 0. The molecule has 0 atom stereocenters. The molecule has 0 unspecified atom stereocenters. The van der Waals surface area contributed by atoms with Crippen molar-refractivity contribution in [3.05, 3.63) is 0 Å². The third-order valence-electron chi connectivity index (χ3n) is 1.44. The van der Waals surface area contributed by atoms with E-state index in [9.17, 15) is 4.79 Å². The SMILES string of the molecule is CCOC(=O)CCCCC[NH3+]. The van der Waals surface area contributed by atoms with Gasteiger partial charge in [-0.05, 0) is 26.2 Å². The van der Waals surface area contributed by atoms with Crippen molar-refractivity contribution in [3.8, 4) is 0 Å². The van der Waals surface area contributed by atoms with Gasteiger partial charge >= 0.3 is 5.97 Å². The molecule has 0 amide bonds. The molecule has 0 aromatic carbocycles. The van der Waals surface area contributed by atoms with E-state index in [0.717, 1.165) is 25.8 Å². The Hall–Kier alpha value is -0.570. The zero-order chi connectivity index (χ0) is 8.53. The van der Waals surface area contributed by atoms with Crippen molar-refractivity contribution in [2.45, 2.75) is 32.6 Å². The molecule has 0 fully saturated rings. The van der Waals surface area contributed by atoms with Crippen molar-refractivity contribution in [2.75, 3.05) is 13.2 Å². The van der Waals surface area contributed by atoms with Crippen molar-refractivity contribution in [1.29, 1.82) is 0 Å². The van der Waals surface area contributed by atoms with Gasteiger partial charge in [0.2, 0.25) is 0 Å². The van der Waals surface area contributed by atoms with Gasteiger partial charge in [-0.15, -0.1) is 0 Å². The second kappa shape index (κ2) is 7.54. The molecule has 0 aliphatic rings. The highest BCUT2D eigenvalue weighted by Gasteiger charge is 1.99. The van der Waals surface area contributed by atoms with Gasteiger partial charge < -0.3 is 10.5 Å². The number of hydrogen-bond donors (Lipinski definition) is 1. The van der Waals surface area contributed by atoms with Crippen molar-refractivity contribution >= 4 is 5.97 Å². The third kappa shape index (κ3) is 7.33. The van der Waals surface area contributed by atoms with Crippen LogP contribution in [0.2, 0.25) is 0 Å². The van der Waals surface area contributed by atoms with E-state index in [2.05, 4.69) is 5.73 Å². The number of carbonyl (C=O) groups excluding carboxylic acids is 1. The van der Waals surface area contributed by atoms with E-state index in [1.54, 1.807) is 0 Å². The normalized spacial score (nSPS) is 9.64. The summed E-state index contributed by atoms with van der Waals surface area (Å²) in [4.78, 5) is 10.8. The van der Waals surface area contributed by atoms with Crippen LogP contribution in [0.5, 0.6) is 0 Å². The summed E-state index contributed by atoms with van der Waals surface area (Å²) in [6.07, 6.45) is 3.70. The molecule has 0 aromatic rings. The van der Waals surface area contributed by atoms with Gasteiger partial charge in [0.25, 0.3) is 0 Å². The van der Waals surface area contributed by atoms with Crippen LogP contribution in [-0.4, -0.2) is 19.1 Å². The van der Waals surface area contributed by atoms with E-state index in [1.165, 1.54) is 0 Å². The van der Waals surface area contributed by atoms with E-state index in [4.69, 9.17) is 4.74 Å². The molecule has 0 saturated carbocycles. The van der Waals surface area contributed by atoms with E-state index in [-0.39, 0.29) is 5.97 Å². The molecule has 0 heterocycles. The second-order valence-electron chi connectivity index (χ2n) is 2.47. The van der Waals surface area contributed by atoms with Gasteiger partial charge in [-0.2, -0.15) is 0 Å². The molecule has 3 N–H and O–H groups in total.